The Bertz CT molecular complexity index is 756. The third kappa shape index (κ3) is 2.91. The molecule has 2 aromatic carbocycles. The standard InChI is InChI=1S/C16H14N2O4/c19-10-12-5-4-8-14(9-12)21-11-15-16(17-22-18(15)20)13-6-2-1-3-7-13/h1-9,19H,10-11H2. The number of aromatic nitrogens is 2. The van der Waals surface area contributed by atoms with Crippen molar-refractivity contribution < 1.29 is 19.4 Å². The molecule has 0 amide bonds. The van der Waals surface area contributed by atoms with Crippen LogP contribution in [0.1, 0.15) is 11.3 Å². The van der Waals surface area contributed by atoms with Gasteiger partial charge in [-0.2, -0.15) is 0 Å². The topological polar surface area (TPSA) is 82.4 Å². The van der Waals surface area contributed by atoms with E-state index in [4.69, 9.17) is 9.84 Å². The van der Waals surface area contributed by atoms with Gasteiger partial charge in [0.1, 0.15) is 5.75 Å². The van der Waals surface area contributed by atoms with Crippen LogP contribution in [0.25, 0.3) is 11.3 Å². The average molecular weight is 298 g/mol. The molecule has 0 aliphatic rings. The summed E-state index contributed by atoms with van der Waals surface area (Å²) in [7, 11) is 0. The Hall–Kier alpha value is -2.86. The summed E-state index contributed by atoms with van der Waals surface area (Å²) >= 11 is 0. The van der Waals surface area contributed by atoms with Gasteiger partial charge in [-0.15, -0.1) is 0 Å². The van der Waals surface area contributed by atoms with Crippen molar-refractivity contribution in [3.8, 4) is 17.0 Å². The first-order valence-electron chi connectivity index (χ1n) is 6.74. The zero-order chi connectivity index (χ0) is 15.4. The second-order valence-corrected chi connectivity index (χ2v) is 4.69. The molecule has 1 N–H and O–H groups in total. The van der Waals surface area contributed by atoms with Gasteiger partial charge >= 0.3 is 0 Å². The first-order chi connectivity index (χ1) is 10.8. The number of rotatable bonds is 5. The molecule has 0 fully saturated rings. The van der Waals surface area contributed by atoms with Crippen molar-refractivity contribution in [3.05, 3.63) is 71.1 Å². The van der Waals surface area contributed by atoms with Crippen LogP contribution in [-0.2, 0) is 13.2 Å². The van der Waals surface area contributed by atoms with Crippen LogP contribution in [-0.4, -0.2) is 10.3 Å². The fourth-order valence-corrected chi connectivity index (χ4v) is 2.09. The number of ether oxygens (including phenoxy) is 1. The number of hydrogen-bond acceptors (Lipinski definition) is 5. The molecule has 112 valence electrons. The van der Waals surface area contributed by atoms with E-state index in [2.05, 4.69) is 9.79 Å². The van der Waals surface area contributed by atoms with E-state index in [1.54, 1.807) is 24.3 Å². The first kappa shape index (κ1) is 14.1. The highest BCUT2D eigenvalue weighted by molar-refractivity contribution is 5.59. The van der Waals surface area contributed by atoms with Gasteiger partial charge in [0.05, 0.1) is 6.61 Å². The molecule has 0 bridgehead atoms. The number of benzene rings is 2. The molecule has 22 heavy (non-hydrogen) atoms. The molecule has 1 aromatic heterocycles. The summed E-state index contributed by atoms with van der Waals surface area (Å²) in [6.07, 6.45) is 0. The normalized spacial score (nSPS) is 10.6. The van der Waals surface area contributed by atoms with Crippen LogP contribution in [0.3, 0.4) is 0 Å². The van der Waals surface area contributed by atoms with E-state index >= 15 is 0 Å². The molecule has 6 nitrogen and oxygen atoms in total. The molecule has 0 radical (unpaired) electrons. The predicted octanol–water partition coefficient (Wildman–Crippen LogP) is 2.05. The fourth-order valence-electron chi connectivity index (χ4n) is 2.09. The number of nitrogens with zero attached hydrogens (tertiary/aromatic N) is 2. The van der Waals surface area contributed by atoms with E-state index in [9.17, 15) is 5.21 Å². The van der Waals surface area contributed by atoms with Gasteiger partial charge in [0.25, 0.3) is 5.69 Å². The van der Waals surface area contributed by atoms with Gasteiger partial charge in [0.15, 0.2) is 6.61 Å². The monoisotopic (exact) mass is 298 g/mol. The summed E-state index contributed by atoms with van der Waals surface area (Å²) in [6.45, 7) is -0.0482. The van der Waals surface area contributed by atoms with Crippen LogP contribution in [0.4, 0.5) is 0 Å². The smallest absolute Gasteiger partial charge is 0.255 e. The second kappa shape index (κ2) is 6.28. The van der Waals surface area contributed by atoms with Crippen molar-refractivity contribution in [1.29, 1.82) is 0 Å². The molecule has 0 saturated heterocycles. The predicted molar refractivity (Wildman–Crippen MR) is 77.6 cm³/mol. The molecule has 0 atom stereocenters. The molecule has 3 rings (SSSR count). The zero-order valence-electron chi connectivity index (χ0n) is 11.7. The second-order valence-electron chi connectivity index (χ2n) is 4.69. The van der Waals surface area contributed by atoms with E-state index in [1.807, 2.05) is 30.3 Å². The van der Waals surface area contributed by atoms with Gasteiger partial charge in [-0.25, -0.2) is 0 Å². The Morgan fingerprint density at radius 2 is 1.95 bits per heavy atom. The molecule has 0 saturated carbocycles. The van der Waals surface area contributed by atoms with Crippen molar-refractivity contribution >= 4 is 0 Å². The lowest BCUT2D eigenvalue weighted by Crippen LogP contribution is -2.29. The molecule has 0 unspecified atom stereocenters. The Kier molecular flexibility index (Phi) is 4.02. The van der Waals surface area contributed by atoms with E-state index < -0.39 is 0 Å². The summed E-state index contributed by atoms with van der Waals surface area (Å²) in [4.78, 5) is 0.345. The highest BCUT2D eigenvalue weighted by Gasteiger charge is 2.21. The molecule has 6 heteroatoms. The van der Waals surface area contributed by atoms with Crippen LogP contribution in [0.2, 0.25) is 0 Å². The molecule has 0 aliphatic heterocycles. The summed E-state index contributed by atoms with van der Waals surface area (Å²) in [5.41, 5.74) is 2.26. The number of hydrogen-bond donors (Lipinski definition) is 1. The van der Waals surface area contributed by atoms with E-state index in [1.165, 1.54) is 0 Å². The van der Waals surface area contributed by atoms with Crippen molar-refractivity contribution in [2.24, 2.45) is 0 Å². The summed E-state index contributed by atoms with van der Waals surface area (Å²) in [6, 6.07) is 16.3. The minimum absolute atomic E-state index is 0.0199. The quantitative estimate of drug-likeness (QED) is 0.729. The lowest BCUT2D eigenvalue weighted by molar-refractivity contribution is -0.808. The van der Waals surface area contributed by atoms with Crippen LogP contribution < -0.4 is 9.64 Å². The van der Waals surface area contributed by atoms with Crippen molar-refractivity contribution in [3.63, 3.8) is 0 Å². The minimum atomic E-state index is -0.0682. The minimum Gasteiger partial charge on any atom is -0.485 e. The first-order valence-corrected chi connectivity index (χ1v) is 6.74. The molecule has 3 aromatic rings. The number of aliphatic hydroxyl groups excluding tert-OH is 1. The van der Waals surface area contributed by atoms with Gasteiger partial charge < -0.3 is 15.1 Å². The third-order valence-electron chi connectivity index (χ3n) is 3.20. The van der Waals surface area contributed by atoms with E-state index in [0.717, 1.165) is 11.1 Å². The summed E-state index contributed by atoms with van der Waals surface area (Å²) in [5, 5.41) is 24.6. The Morgan fingerprint density at radius 3 is 2.73 bits per heavy atom. The lowest BCUT2D eigenvalue weighted by atomic mass is 10.1. The molecular formula is C16H14N2O4. The number of aliphatic hydroxyl groups is 1. The van der Waals surface area contributed by atoms with Crippen molar-refractivity contribution in [1.82, 2.24) is 5.16 Å². The average Bonchev–Trinajstić information content (AvgIpc) is 2.95. The maximum Gasteiger partial charge on any atom is 0.255 e. The van der Waals surface area contributed by atoms with Gasteiger partial charge in [-0.3, -0.25) is 4.63 Å². The van der Waals surface area contributed by atoms with Gasteiger partial charge in [0.2, 0.25) is 5.69 Å². The lowest BCUT2D eigenvalue weighted by Gasteiger charge is -2.06. The van der Waals surface area contributed by atoms with Gasteiger partial charge in [0, 0.05) is 10.7 Å². The van der Waals surface area contributed by atoms with E-state index in [-0.39, 0.29) is 13.2 Å². The molecule has 1 heterocycles. The molecule has 0 aliphatic carbocycles. The van der Waals surface area contributed by atoms with Crippen LogP contribution >= 0.6 is 0 Å². The maximum atomic E-state index is 11.7. The van der Waals surface area contributed by atoms with Crippen LogP contribution in [0, 0.1) is 5.21 Å². The highest BCUT2D eigenvalue weighted by Crippen LogP contribution is 2.21. The Balaban J connectivity index is 1.82. The van der Waals surface area contributed by atoms with Gasteiger partial charge in [-0.1, -0.05) is 42.5 Å². The Morgan fingerprint density at radius 1 is 1.14 bits per heavy atom. The molecule has 0 spiro atoms. The van der Waals surface area contributed by atoms with Crippen molar-refractivity contribution in [2.45, 2.75) is 13.2 Å². The summed E-state index contributed by atoms with van der Waals surface area (Å²) in [5.74, 6) is 0.562. The fraction of sp³-hybridized carbons (Fsp3) is 0.125. The van der Waals surface area contributed by atoms with Crippen LogP contribution in [0.5, 0.6) is 5.75 Å². The van der Waals surface area contributed by atoms with Gasteiger partial charge in [-0.05, 0) is 22.6 Å². The highest BCUT2D eigenvalue weighted by atomic mass is 16.8. The maximum absolute atomic E-state index is 11.7. The van der Waals surface area contributed by atoms with E-state index in [0.29, 0.717) is 22.0 Å². The third-order valence-corrected chi connectivity index (χ3v) is 3.20. The SMILES string of the molecule is [O-][n+]1onc(-c2ccccc2)c1COc1cccc(CO)c1. The summed E-state index contributed by atoms with van der Waals surface area (Å²) < 4.78 is 10.3. The Labute approximate surface area is 126 Å². The molecular weight excluding hydrogens is 284 g/mol. The largest absolute Gasteiger partial charge is 0.485 e. The zero-order valence-corrected chi connectivity index (χ0v) is 11.7. The van der Waals surface area contributed by atoms with Crippen molar-refractivity contribution in [2.75, 3.05) is 0 Å². The van der Waals surface area contributed by atoms with Crippen LogP contribution in [0.15, 0.2) is 59.2 Å².